The Hall–Kier alpha value is -3.20. The Labute approximate surface area is 171 Å². The zero-order valence-electron chi connectivity index (χ0n) is 16.5. The van der Waals surface area contributed by atoms with Crippen LogP contribution in [0.15, 0.2) is 34.1 Å². The molecule has 0 saturated heterocycles. The van der Waals surface area contributed by atoms with Crippen molar-refractivity contribution in [3.8, 4) is 0 Å². The third kappa shape index (κ3) is 4.62. The van der Waals surface area contributed by atoms with Crippen molar-refractivity contribution in [2.24, 2.45) is 0 Å². The summed E-state index contributed by atoms with van der Waals surface area (Å²) in [7, 11) is 0. The molecule has 0 unspecified atom stereocenters. The lowest BCUT2D eigenvalue weighted by Gasteiger charge is -2.11. The number of thiophene rings is 1. The monoisotopic (exact) mass is 415 g/mol. The van der Waals surface area contributed by atoms with Gasteiger partial charge in [0.2, 0.25) is 5.89 Å². The molecule has 1 aromatic carbocycles. The van der Waals surface area contributed by atoms with E-state index < -0.39 is 17.9 Å². The van der Waals surface area contributed by atoms with Crippen LogP contribution >= 0.6 is 11.3 Å². The molecule has 29 heavy (non-hydrogen) atoms. The summed E-state index contributed by atoms with van der Waals surface area (Å²) in [4.78, 5) is 40.8. The maximum absolute atomic E-state index is 12.7. The van der Waals surface area contributed by atoms with Gasteiger partial charge < -0.3 is 14.5 Å². The quantitative estimate of drug-likeness (QED) is 0.656. The summed E-state index contributed by atoms with van der Waals surface area (Å²) < 4.78 is 10.4. The van der Waals surface area contributed by atoms with E-state index in [2.05, 4.69) is 15.6 Å². The smallest absolute Gasteiger partial charge is 0.414 e. The number of ether oxygens (including phenoxy) is 1. The van der Waals surface area contributed by atoms with Gasteiger partial charge in [-0.25, -0.2) is 9.78 Å². The zero-order valence-corrected chi connectivity index (χ0v) is 17.3. The van der Waals surface area contributed by atoms with Crippen LogP contribution in [0.2, 0.25) is 0 Å². The van der Waals surface area contributed by atoms with E-state index >= 15 is 0 Å². The van der Waals surface area contributed by atoms with Crippen molar-refractivity contribution in [2.75, 3.05) is 11.9 Å². The minimum atomic E-state index is -0.841. The Morgan fingerprint density at radius 3 is 2.62 bits per heavy atom. The normalized spacial score (nSPS) is 11.3. The molecular formula is C20H21N3O5S. The Morgan fingerprint density at radius 1 is 1.17 bits per heavy atom. The fraction of sp³-hybridized carbons (Fsp3) is 0.300. The number of nitrogens with zero attached hydrogens (tertiary/aromatic N) is 1. The molecule has 152 valence electrons. The molecule has 3 aromatic rings. The minimum absolute atomic E-state index is 0.147. The van der Waals surface area contributed by atoms with E-state index in [0.29, 0.717) is 27.6 Å². The van der Waals surface area contributed by atoms with Crippen molar-refractivity contribution in [1.82, 2.24) is 10.3 Å². The summed E-state index contributed by atoms with van der Waals surface area (Å²) in [6, 6.07) is 6.47. The minimum Gasteiger partial charge on any atom is -0.450 e. The molecule has 3 amide bonds. The Balaban J connectivity index is 1.78. The summed E-state index contributed by atoms with van der Waals surface area (Å²) in [5.41, 5.74) is 1.47. The summed E-state index contributed by atoms with van der Waals surface area (Å²) in [5, 5.41) is 6.78. The number of anilines is 1. The lowest BCUT2D eigenvalue weighted by atomic mass is 9.97. The molecule has 0 aliphatic rings. The SMILES string of the molecule is CCOC(=O)NC(=O)c1ccsc1NC(=O)c1ccc2oc(C(C)(C)C)nc2c1. The van der Waals surface area contributed by atoms with Gasteiger partial charge in [0.1, 0.15) is 10.5 Å². The van der Waals surface area contributed by atoms with Crippen molar-refractivity contribution in [1.29, 1.82) is 0 Å². The Morgan fingerprint density at radius 2 is 1.93 bits per heavy atom. The van der Waals surface area contributed by atoms with Gasteiger partial charge in [0, 0.05) is 11.0 Å². The largest absolute Gasteiger partial charge is 0.450 e. The third-order valence-electron chi connectivity index (χ3n) is 3.92. The molecule has 0 aliphatic heterocycles. The van der Waals surface area contributed by atoms with Gasteiger partial charge in [-0.05, 0) is 36.6 Å². The summed E-state index contributed by atoms with van der Waals surface area (Å²) >= 11 is 1.17. The van der Waals surface area contributed by atoms with Gasteiger partial charge in [-0.15, -0.1) is 11.3 Å². The van der Waals surface area contributed by atoms with Gasteiger partial charge in [-0.3, -0.25) is 14.9 Å². The highest BCUT2D eigenvalue weighted by Crippen LogP contribution is 2.27. The zero-order chi connectivity index (χ0) is 21.2. The molecule has 0 aliphatic carbocycles. The van der Waals surface area contributed by atoms with E-state index in [0.717, 1.165) is 0 Å². The van der Waals surface area contributed by atoms with Crippen LogP contribution < -0.4 is 10.6 Å². The van der Waals surface area contributed by atoms with Gasteiger partial charge in [0.05, 0.1) is 12.2 Å². The molecule has 0 atom stereocenters. The molecule has 8 nitrogen and oxygen atoms in total. The molecular weight excluding hydrogens is 394 g/mol. The number of alkyl carbamates (subject to hydrolysis) is 1. The molecule has 0 radical (unpaired) electrons. The number of amides is 3. The second-order valence-electron chi connectivity index (χ2n) is 7.24. The summed E-state index contributed by atoms with van der Waals surface area (Å²) in [6.07, 6.45) is -0.841. The predicted molar refractivity (Wildman–Crippen MR) is 109 cm³/mol. The Bertz CT molecular complexity index is 1080. The lowest BCUT2D eigenvalue weighted by Crippen LogP contribution is -2.31. The van der Waals surface area contributed by atoms with Crippen LogP contribution in [-0.2, 0) is 10.2 Å². The topological polar surface area (TPSA) is 111 Å². The fourth-order valence-electron chi connectivity index (χ4n) is 2.48. The number of aromatic nitrogens is 1. The van der Waals surface area contributed by atoms with E-state index in [4.69, 9.17) is 9.15 Å². The maximum atomic E-state index is 12.7. The molecule has 2 heterocycles. The first-order valence-electron chi connectivity index (χ1n) is 8.97. The number of benzene rings is 1. The highest BCUT2D eigenvalue weighted by atomic mass is 32.1. The van der Waals surface area contributed by atoms with Crippen molar-refractivity contribution >= 4 is 45.3 Å². The summed E-state index contributed by atoms with van der Waals surface area (Å²) in [6.45, 7) is 7.76. The van der Waals surface area contributed by atoms with Crippen LogP contribution in [0.4, 0.5) is 9.80 Å². The number of rotatable bonds is 4. The Kier molecular flexibility index (Phi) is 5.69. The number of carbonyl (C=O) groups excluding carboxylic acids is 3. The first-order valence-corrected chi connectivity index (χ1v) is 9.85. The maximum Gasteiger partial charge on any atom is 0.414 e. The van der Waals surface area contributed by atoms with Gasteiger partial charge >= 0.3 is 6.09 Å². The van der Waals surface area contributed by atoms with Crippen LogP contribution in [0, 0.1) is 0 Å². The average Bonchev–Trinajstić information content (AvgIpc) is 3.27. The van der Waals surface area contributed by atoms with Crippen molar-refractivity contribution in [3.05, 3.63) is 46.7 Å². The third-order valence-corrected chi connectivity index (χ3v) is 4.75. The second kappa shape index (κ2) is 8.04. The van der Waals surface area contributed by atoms with Crippen molar-refractivity contribution in [3.63, 3.8) is 0 Å². The van der Waals surface area contributed by atoms with Crippen molar-refractivity contribution in [2.45, 2.75) is 33.1 Å². The summed E-state index contributed by atoms with van der Waals surface area (Å²) in [5.74, 6) is -0.470. The van der Waals surface area contributed by atoms with E-state index in [1.807, 2.05) is 20.8 Å². The van der Waals surface area contributed by atoms with Gasteiger partial charge in [0.25, 0.3) is 11.8 Å². The molecule has 2 aromatic heterocycles. The number of carbonyl (C=O) groups is 3. The fourth-order valence-corrected chi connectivity index (χ4v) is 3.26. The number of hydrogen-bond donors (Lipinski definition) is 2. The predicted octanol–water partition coefficient (Wildman–Crippen LogP) is 4.33. The molecule has 0 bridgehead atoms. The van der Waals surface area contributed by atoms with Gasteiger partial charge in [0.15, 0.2) is 5.58 Å². The van der Waals surface area contributed by atoms with Gasteiger partial charge in [-0.2, -0.15) is 0 Å². The number of nitrogens with one attached hydrogen (secondary N) is 2. The average molecular weight is 415 g/mol. The second-order valence-corrected chi connectivity index (χ2v) is 8.16. The molecule has 9 heteroatoms. The number of hydrogen-bond acceptors (Lipinski definition) is 7. The van der Waals surface area contributed by atoms with E-state index in [1.54, 1.807) is 30.5 Å². The van der Waals surface area contributed by atoms with Gasteiger partial charge in [-0.1, -0.05) is 20.8 Å². The van der Waals surface area contributed by atoms with Crippen LogP contribution in [0.5, 0.6) is 0 Å². The molecule has 0 saturated carbocycles. The lowest BCUT2D eigenvalue weighted by molar-refractivity contribution is 0.0926. The van der Waals surface area contributed by atoms with E-state index in [1.165, 1.54) is 17.4 Å². The highest BCUT2D eigenvalue weighted by Gasteiger charge is 2.22. The standard InChI is InChI=1S/C20H21N3O5S/c1-5-27-19(26)23-16(25)12-8-9-29-17(12)22-15(24)11-6-7-14-13(10-11)21-18(28-14)20(2,3)4/h6-10H,5H2,1-4H3,(H,22,24)(H,23,25,26). The molecule has 0 fully saturated rings. The van der Waals surface area contributed by atoms with E-state index in [-0.39, 0.29) is 17.6 Å². The van der Waals surface area contributed by atoms with Crippen LogP contribution in [0.3, 0.4) is 0 Å². The molecule has 0 spiro atoms. The van der Waals surface area contributed by atoms with Crippen LogP contribution in [-0.4, -0.2) is 29.5 Å². The van der Waals surface area contributed by atoms with Crippen molar-refractivity contribution < 1.29 is 23.5 Å². The van der Waals surface area contributed by atoms with Crippen LogP contribution in [0.1, 0.15) is 54.3 Å². The molecule has 3 rings (SSSR count). The molecule has 2 N–H and O–H groups in total. The number of oxazole rings is 1. The highest BCUT2D eigenvalue weighted by molar-refractivity contribution is 7.14. The van der Waals surface area contributed by atoms with Crippen LogP contribution in [0.25, 0.3) is 11.1 Å². The number of fused-ring (bicyclic) bond motifs is 1. The first kappa shape index (κ1) is 20.5. The number of imide groups is 1. The van der Waals surface area contributed by atoms with E-state index in [9.17, 15) is 14.4 Å². The first-order chi connectivity index (χ1) is 13.7.